The Kier molecular flexibility index (Phi) is 7.12. The number of nitrogens with one attached hydrogen (secondary N) is 1. The van der Waals surface area contributed by atoms with Crippen LogP contribution >= 0.6 is 0 Å². The molecule has 0 aliphatic heterocycles. The van der Waals surface area contributed by atoms with Gasteiger partial charge in [0.25, 0.3) is 0 Å². The highest BCUT2D eigenvalue weighted by atomic mass is 16.5. The zero-order valence-electron chi connectivity index (χ0n) is 15.5. The van der Waals surface area contributed by atoms with Gasteiger partial charge in [0.1, 0.15) is 0 Å². The van der Waals surface area contributed by atoms with Crippen LogP contribution in [0, 0.1) is 5.92 Å². The van der Waals surface area contributed by atoms with E-state index < -0.39 is 11.9 Å². The number of hydrogen-bond donors (Lipinski definition) is 2. The van der Waals surface area contributed by atoms with E-state index in [1.165, 1.54) is 21.3 Å². The summed E-state index contributed by atoms with van der Waals surface area (Å²) in [5, 5.41) is 12.3. The summed E-state index contributed by atoms with van der Waals surface area (Å²) in [6.07, 6.45) is 4.22. The van der Waals surface area contributed by atoms with Crippen molar-refractivity contribution in [2.24, 2.45) is 5.92 Å². The Morgan fingerprint density at radius 3 is 2.19 bits per heavy atom. The monoisotopic (exact) mass is 365 g/mol. The largest absolute Gasteiger partial charge is 0.493 e. The number of aliphatic carboxylic acids is 1. The van der Waals surface area contributed by atoms with Gasteiger partial charge in [-0.3, -0.25) is 9.59 Å². The molecule has 1 saturated carbocycles. The van der Waals surface area contributed by atoms with Gasteiger partial charge in [0, 0.05) is 6.04 Å². The van der Waals surface area contributed by atoms with Gasteiger partial charge < -0.3 is 24.6 Å². The van der Waals surface area contributed by atoms with Crippen LogP contribution < -0.4 is 19.5 Å². The Morgan fingerprint density at radius 1 is 1.04 bits per heavy atom. The Hall–Kier alpha value is -2.44. The zero-order valence-corrected chi connectivity index (χ0v) is 15.5. The first-order valence-corrected chi connectivity index (χ1v) is 8.81. The summed E-state index contributed by atoms with van der Waals surface area (Å²) in [5.41, 5.74) is 0.706. The Labute approximate surface area is 153 Å². The molecule has 0 radical (unpaired) electrons. The maximum absolute atomic E-state index is 12.5. The van der Waals surface area contributed by atoms with Gasteiger partial charge in [0.15, 0.2) is 11.5 Å². The van der Waals surface area contributed by atoms with Crippen molar-refractivity contribution in [3.05, 3.63) is 17.7 Å². The molecule has 1 aromatic carbocycles. The molecule has 1 fully saturated rings. The van der Waals surface area contributed by atoms with Gasteiger partial charge >= 0.3 is 5.97 Å². The third-order valence-electron chi connectivity index (χ3n) is 4.77. The fraction of sp³-hybridized carbons (Fsp3) is 0.579. The lowest BCUT2D eigenvalue weighted by molar-refractivity contribution is -0.143. The van der Waals surface area contributed by atoms with Crippen LogP contribution in [0.15, 0.2) is 12.1 Å². The molecular weight excluding hydrogens is 338 g/mol. The molecule has 0 saturated heterocycles. The summed E-state index contributed by atoms with van der Waals surface area (Å²) in [6.45, 7) is 0. The summed E-state index contributed by atoms with van der Waals surface area (Å²) < 4.78 is 15.9. The molecule has 26 heavy (non-hydrogen) atoms. The summed E-state index contributed by atoms with van der Waals surface area (Å²) in [6, 6.07) is 3.12. The molecule has 144 valence electrons. The Morgan fingerprint density at radius 2 is 1.65 bits per heavy atom. The summed E-state index contributed by atoms with van der Waals surface area (Å²) in [5.74, 6) is -0.155. The minimum Gasteiger partial charge on any atom is -0.493 e. The minimum absolute atomic E-state index is 0.111. The highest BCUT2D eigenvalue weighted by Gasteiger charge is 2.30. The number of carbonyl (C=O) groups is 2. The molecule has 0 unspecified atom stereocenters. The molecule has 1 aliphatic rings. The Balaban J connectivity index is 2.12. The van der Waals surface area contributed by atoms with E-state index in [1.54, 1.807) is 12.1 Å². The molecule has 1 aromatic rings. The molecule has 0 heterocycles. The minimum atomic E-state index is -0.843. The van der Waals surface area contributed by atoms with Crippen LogP contribution in [-0.2, 0) is 16.0 Å². The third kappa shape index (κ3) is 4.80. The van der Waals surface area contributed by atoms with Gasteiger partial charge in [-0.2, -0.15) is 0 Å². The van der Waals surface area contributed by atoms with E-state index in [2.05, 4.69) is 5.32 Å². The lowest BCUT2D eigenvalue weighted by Gasteiger charge is -2.23. The van der Waals surface area contributed by atoms with E-state index in [1.807, 2.05) is 0 Å². The van der Waals surface area contributed by atoms with Crippen LogP contribution in [0.3, 0.4) is 0 Å². The van der Waals surface area contributed by atoms with Gasteiger partial charge in [0.2, 0.25) is 11.7 Å². The molecule has 1 aliphatic carbocycles. The number of methoxy groups -OCH3 is 3. The Bertz CT molecular complexity index is 620. The zero-order chi connectivity index (χ0) is 19.1. The van der Waals surface area contributed by atoms with Crippen molar-refractivity contribution >= 4 is 11.9 Å². The molecule has 2 rings (SSSR count). The molecule has 0 spiro atoms. The van der Waals surface area contributed by atoms with E-state index in [9.17, 15) is 14.7 Å². The molecule has 2 N–H and O–H groups in total. The van der Waals surface area contributed by atoms with Crippen LogP contribution in [0.5, 0.6) is 17.2 Å². The number of carboxylic acid groups (broad SMARTS) is 1. The highest BCUT2D eigenvalue weighted by Crippen LogP contribution is 2.38. The first-order chi connectivity index (χ1) is 12.5. The van der Waals surface area contributed by atoms with E-state index in [4.69, 9.17) is 14.2 Å². The van der Waals surface area contributed by atoms with E-state index in [0.717, 1.165) is 19.3 Å². The number of carboxylic acids is 1. The van der Waals surface area contributed by atoms with Gasteiger partial charge in [-0.25, -0.2) is 0 Å². The van der Waals surface area contributed by atoms with Crippen molar-refractivity contribution in [2.45, 2.75) is 44.6 Å². The molecule has 0 aromatic heterocycles. The van der Waals surface area contributed by atoms with Crippen molar-refractivity contribution in [2.75, 3.05) is 21.3 Å². The van der Waals surface area contributed by atoms with Crippen LogP contribution in [0.1, 0.15) is 37.7 Å². The van der Waals surface area contributed by atoms with E-state index in [-0.39, 0.29) is 18.4 Å². The fourth-order valence-electron chi connectivity index (χ4n) is 3.46. The smallest absolute Gasteiger partial charge is 0.308 e. The lowest BCUT2D eigenvalue weighted by Crippen LogP contribution is -2.43. The van der Waals surface area contributed by atoms with Crippen LogP contribution in [-0.4, -0.2) is 44.4 Å². The molecule has 2 atom stereocenters. The maximum atomic E-state index is 12.5. The molecule has 7 nitrogen and oxygen atoms in total. The van der Waals surface area contributed by atoms with Gasteiger partial charge in [-0.1, -0.05) is 19.3 Å². The number of benzene rings is 1. The number of ether oxygens (including phenoxy) is 3. The second kappa shape index (κ2) is 9.31. The highest BCUT2D eigenvalue weighted by molar-refractivity contribution is 5.80. The summed E-state index contributed by atoms with van der Waals surface area (Å²) in [4.78, 5) is 24.0. The number of carbonyl (C=O) groups excluding carboxylic acids is 1. The quantitative estimate of drug-likeness (QED) is 0.721. The van der Waals surface area contributed by atoms with Crippen LogP contribution in [0.25, 0.3) is 0 Å². The van der Waals surface area contributed by atoms with Crippen LogP contribution in [0.4, 0.5) is 0 Å². The number of amides is 1. The predicted octanol–water partition coefficient (Wildman–Crippen LogP) is 2.40. The van der Waals surface area contributed by atoms with Gasteiger partial charge in [-0.05, 0) is 30.5 Å². The average molecular weight is 365 g/mol. The fourth-order valence-corrected chi connectivity index (χ4v) is 3.46. The maximum Gasteiger partial charge on any atom is 0.308 e. The van der Waals surface area contributed by atoms with Crippen molar-refractivity contribution in [3.63, 3.8) is 0 Å². The van der Waals surface area contributed by atoms with Gasteiger partial charge in [0.05, 0.1) is 33.7 Å². The molecule has 7 heteroatoms. The van der Waals surface area contributed by atoms with E-state index >= 15 is 0 Å². The van der Waals surface area contributed by atoms with Crippen molar-refractivity contribution in [3.8, 4) is 17.2 Å². The first kappa shape index (κ1) is 19.9. The van der Waals surface area contributed by atoms with E-state index in [0.29, 0.717) is 35.7 Å². The lowest BCUT2D eigenvalue weighted by atomic mass is 9.94. The third-order valence-corrected chi connectivity index (χ3v) is 4.77. The van der Waals surface area contributed by atoms with Gasteiger partial charge in [-0.15, -0.1) is 0 Å². The second-order valence-corrected chi connectivity index (χ2v) is 6.47. The van der Waals surface area contributed by atoms with Crippen molar-refractivity contribution in [1.82, 2.24) is 5.32 Å². The van der Waals surface area contributed by atoms with Crippen molar-refractivity contribution < 1.29 is 28.9 Å². The predicted molar refractivity (Wildman–Crippen MR) is 95.9 cm³/mol. The average Bonchev–Trinajstić information content (AvgIpc) is 2.86. The summed E-state index contributed by atoms with van der Waals surface area (Å²) >= 11 is 0. The van der Waals surface area contributed by atoms with Crippen LogP contribution in [0.2, 0.25) is 0 Å². The first-order valence-electron chi connectivity index (χ1n) is 8.81. The topological polar surface area (TPSA) is 94.1 Å². The molecular formula is C19H27NO6. The van der Waals surface area contributed by atoms with Crippen molar-refractivity contribution in [1.29, 1.82) is 0 Å². The second-order valence-electron chi connectivity index (χ2n) is 6.47. The standard InChI is InChI=1S/C19H27NO6/c1-24-15-9-12(10-16(25-2)18(15)26-3)11-17(21)20-14-8-6-4-5-7-13(14)19(22)23/h9-10,13-14H,4-8,11H2,1-3H3,(H,20,21)(H,22,23)/t13-,14+/m1/s1. The SMILES string of the molecule is COc1cc(CC(=O)N[C@H]2CCCCC[C@H]2C(=O)O)cc(OC)c1OC. The molecule has 1 amide bonds. The summed E-state index contributed by atoms with van der Waals surface area (Å²) in [7, 11) is 4.55. The normalized spacial score (nSPS) is 20.0. The molecule has 0 bridgehead atoms. The number of rotatable bonds is 7. The number of hydrogen-bond acceptors (Lipinski definition) is 5.